The topological polar surface area (TPSA) is 139 Å². The summed E-state index contributed by atoms with van der Waals surface area (Å²) in [7, 11) is 0. The molecule has 3 aromatic heterocycles. The summed E-state index contributed by atoms with van der Waals surface area (Å²) in [5, 5.41) is 22.7. The van der Waals surface area contributed by atoms with Crippen LogP contribution in [0.25, 0.3) is 28.9 Å². The minimum atomic E-state index is -0.589. The Morgan fingerprint density at radius 1 is 0.909 bits per heavy atom. The van der Waals surface area contributed by atoms with Gasteiger partial charge in [-0.25, -0.2) is 9.67 Å². The standard InChI is InChI=1S/C29H18Cl4N6O4.Rb/c1-12-16(26(40)34-24-22(12)28(42)38(36-24)20-8-6-14(30)10-18(20)32)4-3-5-17-13(2)23-25(35-27(17)41)37-39(29(23)43)21-9-7-15(31)11-19(21)33;/h3-11H,1-2H3,(H,34,36,40)(H2,35,37,41);/q;+1/p-1. The van der Waals surface area contributed by atoms with E-state index in [-0.39, 0.29) is 101 Å². The fourth-order valence-electron chi connectivity index (χ4n) is 4.90. The van der Waals surface area contributed by atoms with Crippen LogP contribution < -0.4 is 90.1 Å². The zero-order valence-electron chi connectivity index (χ0n) is 23.1. The van der Waals surface area contributed by atoms with E-state index in [0.717, 1.165) is 5.01 Å². The molecule has 10 nitrogen and oxygen atoms in total. The average molecular weight is 741 g/mol. The summed E-state index contributed by atoms with van der Waals surface area (Å²) in [6.45, 7) is 3.24. The number of anilines is 1. The second kappa shape index (κ2) is 12.7. The molecule has 0 saturated carbocycles. The van der Waals surface area contributed by atoms with Crippen molar-refractivity contribution in [3.8, 4) is 11.6 Å². The Hall–Kier alpha value is -2.54. The van der Waals surface area contributed by atoms with Crippen LogP contribution >= 0.6 is 46.4 Å². The van der Waals surface area contributed by atoms with Crippen LogP contribution in [0, 0.1) is 13.8 Å². The number of nitrogens with zero attached hydrogens (tertiary/aromatic N) is 4. The molecular weight excluding hydrogens is 724 g/mol. The number of allylic oxidation sites excluding steroid dienone is 1. The fraction of sp³-hybridized carbons (Fsp3) is 0.0690. The number of hydrogen-bond acceptors (Lipinski definition) is 6. The molecule has 15 heteroatoms. The van der Waals surface area contributed by atoms with Crippen molar-refractivity contribution in [1.82, 2.24) is 19.7 Å². The van der Waals surface area contributed by atoms with Gasteiger partial charge < -0.3 is 10.1 Å². The molecular formula is C29H17Cl4N6O4Rb. The van der Waals surface area contributed by atoms with Crippen molar-refractivity contribution >= 4 is 81.2 Å². The number of hydrogen-bond donors (Lipinski definition) is 2. The molecule has 1 aliphatic heterocycles. The van der Waals surface area contributed by atoms with E-state index in [0.29, 0.717) is 32.5 Å². The van der Waals surface area contributed by atoms with Crippen molar-refractivity contribution in [1.29, 1.82) is 0 Å². The van der Waals surface area contributed by atoms with Crippen LogP contribution in [0.3, 0.4) is 0 Å². The Morgan fingerprint density at radius 2 is 1.55 bits per heavy atom. The largest absolute Gasteiger partial charge is 1.00 e. The van der Waals surface area contributed by atoms with Gasteiger partial charge in [0.25, 0.3) is 17.0 Å². The minimum absolute atomic E-state index is 0. The molecule has 4 heterocycles. The second-order valence-electron chi connectivity index (χ2n) is 9.58. The molecule has 5 aromatic rings. The molecule has 216 valence electrons. The van der Waals surface area contributed by atoms with Gasteiger partial charge in [-0.05, 0) is 78.9 Å². The summed E-state index contributed by atoms with van der Waals surface area (Å²) in [4.78, 5) is 46.2. The van der Waals surface area contributed by atoms with Crippen molar-refractivity contribution in [2.45, 2.75) is 13.8 Å². The molecule has 1 aliphatic rings. The van der Waals surface area contributed by atoms with Crippen LogP contribution in [0.4, 0.5) is 5.69 Å². The van der Waals surface area contributed by atoms with E-state index in [9.17, 15) is 19.5 Å². The molecule has 0 aliphatic carbocycles. The van der Waals surface area contributed by atoms with Crippen molar-refractivity contribution in [3.05, 3.63) is 116 Å². The van der Waals surface area contributed by atoms with Crippen LogP contribution in [0.5, 0.6) is 5.88 Å². The second-order valence-corrected chi connectivity index (χ2v) is 11.3. The number of benzene rings is 2. The first-order valence-corrected chi connectivity index (χ1v) is 14.0. The Kier molecular flexibility index (Phi) is 9.47. The van der Waals surface area contributed by atoms with Crippen molar-refractivity contribution in [2.75, 3.05) is 5.01 Å². The molecule has 0 spiro atoms. The van der Waals surface area contributed by atoms with Crippen LogP contribution in [-0.4, -0.2) is 25.7 Å². The number of pyridine rings is 2. The maximum Gasteiger partial charge on any atom is 1.00 e. The smallest absolute Gasteiger partial charge is 0.858 e. The Morgan fingerprint density at radius 3 is 2.18 bits per heavy atom. The molecule has 0 fully saturated rings. The number of carbonyl (C=O) groups excluding carboxylic acids is 1. The number of nitrogens with one attached hydrogen (secondary N) is 2. The minimum Gasteiger partial charge on any atom is -0.858 e. The number of rotatable bonds is 4. The summed E-state index contributed by atoms with van der Waals surface area (Å²) in [5.74, 6) is -1.07. The van der Waals surface area contributed by atoms with E-state index in [1.165, 1.54) is 35.0 Å². The number of aromatic nitrogens is 4. The molecule has 6 rings (SSSR count). The Bertz CT molecular complexity index is 2310. The first-order valence-electron chi connectivity index (χ1n) is 12.5. The first-order chi connectivity index (χ1) is 20.5. The summed E-state index contributed by atoms with van der Waals surface area (Å²) in [6, 6.07) is 9.26. The van der Waals surface area contributed by atoms with E-state index < -0.39 is 22.9 Å². The summed E-state index contributed by atoms with van der Waals surface area (Å²) in [5.41, 5.74) is 0.997. The van der Waals surface area contributed by atoms with Crippen LogP contribution in [0.2, 0.25) is 20.1 Å². The van der Waals surface area contributed by atoms with Gasteiger partial charge in [0.1, 0.15) is 0 Å². The van der Waals surface area contributed by atoms with Crippen molar-refractivity contribution < 1.29 is 68.1 Å². The molecule has 2 aromatic carbocycles. The van der Waals surface area contributed by atoms with Gasteiger partial charge in [-0.1, -0.05) is 58.6 Å². The monoisotopic (exact) mass is 738 g/mol. The molecule has 1 amide bonds. The predicted molar refractivity (Wildman–Crippen MR) is 165 cm³/mol. The maximum absolute atomic E-state index is 13.3. The number of aryl methyl sites for hydroxylation is 1. The molecule has 2 N–H and O–H groups in total. The number of H-pyrrole nitrogens is 2. The SMILES string of the molecule is Cc1c2c([nH]c(=O)c1=CC=Cc1c([O-])nc3[nH]n(-c4ccc(Cl)cc4Cl)c(=O)c3c1C)=NN(c1ccc(Cl)cc1Cl)C2=O.[Rb+]. The van der Waals surface area contributed by atoms with Gasteiger partial charge in [-0.2, -0.15) is 5.01 Å². The zero-order chi connectivity index (χ0) is 30.7. The summed E-state index contributed by atoms with van der Waals surface area (Å²) < 4.78 is 1.19. The van der Waals surface area contributed by atoms with Gasteiger partial charge >= 0.3 is 58.2 Å². The number of amides is 1. The molecule has 0 bridgehead atoms. The number of fused-ring (bicyclic) bond motifs is 2. The number of halogens is 4. The van der Waals surface area contributed by atoms with Crippen LogP contribution in [0.15, 0.2) is 57.2 Å². The Balaban J connectivity index is 0.00000384. The van der Waals surface area contributed by atoms with Crippen molar-refractivity contribution in [2.24, 2.45) is 5.10 Å². The third kappa shape index (κ3) is 5.67. The van der Waals surface area contributed by atoms with Crippen molar-refractivity contribution in [3.63, 3.8) is 0 Å². The first kappa shape index (κ1) is 32.8. The van der Waals surface area contributed by atoms with E-state index in [2.05, 4.69) is 20.2 Å². The van der Waals surface area contributed by atoms with Gasteiger partial charge in [-0.15, -0.1) is 5.10 Å². The molecule has 44 heavy (non-hydrogen) atoms. The van der Waals surface area contributed by atoms with E-state index in [1.54, 1.807) is 38.1 Å². The van der Waals surface area contributed by atoms with E-state index >= 15 is 0 Å². The normalized spacial score (nSPS) is 13.1. The predicted octanol–water partition coefficient (Wildman–Crippen LogP) is 1.40. The van der Waals surface area contributed by atoms with Crippen LogP contribution in [-0.2, 0) is 0 Å². The van der Waals surface area contributed by atoms with Gasteiger partial charge in [0.2, 0.25) is 0 Å². The number of carbonyl (C=O) groups is 1. The third-order valence-electron chi connectivity index (χ3n) is 7.01. The third-order valence-corrected chi connectivity index (χ3v) is 8.08. The summed E-state index contributed by atoms with van der Waals surface area (Å²) in [6.07, 6.45) is 4.40. The fourth-order valence-corrected chi connectivity index (χ4v) is 5.88. The quantitative estimate of drug-likeness (QED) is 0.287. The van der Waals surface area contributed by atoms with Crippen LogP contribution in [0.1, 0.15) is 27.0 Å². The van der Waals surface area contributed by atoms with Gasteiger partial charge in [0, 0.05) is 15.3 Å². The molecule has 0 saturated heterocycles. The van der Waals surface area contributed by atoms with Gasteiger partial charge in [-0.3, -0.25) is 19.5 Å². The summed E-state index contributed by atoms with van der Waals surface area (Å²) >= 11 is 24.5. The van der Waals surface area contributed by atoms with E-state index in [4.69, 9.17) is 46.4 Å². The maximum atomic E-state index is 13.3. The molecule has 0 radical (unpaired) electrons. The Labute approximate surface area is 317 Å². The van der Waals surface area contributed by atoms with E-state index in [1.807, 2.05) is 0 Å². The molecule has 0 atom stereocenters. The number of aromatic amines is 2. The van der Waals surface area contributed by atoms with Gasteiger partial charge in [0.05, 0.1) is 32.4 Å². The zero-order valence-corrected chi connectivity index (χ0v) is 31.1. The van der Waals surface area contributed by atoms with Gasteiger partial charge in [0.15, 0.2) is 11.1 Å². The average Bonchev–Trinajstić information content (AvgIpc) is 3.43. The molecule has 0 unspecified atom stereocenters.